The van der Waals surface area contributed by atoms with E-state index < -0.39 is 17.5 Å². The van der Waals surface area contributed by atoms with Crippen molar-refractivity contribution in [3.63, 3.8) is 0 Å². The predicted octanol–water partition coefficient (Wildman–Crippen LogP) is 1.85. The SMILES string of the molecule is COC(=O)C1CN(C(=O)c2ccc(F)c(F)c2)CC1C. The zero-order valence-corrected chi connectivity index (χ0v) is 11.2. The Balaban J connectivity index is 2.14. The van der Waals surface area contributed by atoms with E-state index in [0.717, 1.165) is 12.1 Å². The number of nitrogens with zero attached hydrogens (tertiary/aromatic N) is 1. The molecular weight excluding hydrogens is 268 g/mol. The number of likely N-dealkylation sites (tertiary alicyclic amines) is 1. The largest absolute Gasteiger partial charge is 0.469 e. The first-order valence-corrected chi connectivity index (χ1v) is 6.26. The Morgan fingerprint density at radius 1 is 1.25 bits per heavy atom. The average Bonchev–Trinajstić information content (AvgIpc) is 2.82. The number of carbonyl (C=O) groups is 2. The molecular formula is C14H15F2NO3. The van der Waals surface area contributed by atoms with Crippen LogP contribution in [0.15, 0.2) is 18.2 Å². The van der Waals surface area contributed by atoms with Crippen LogP contribution in [-0.2, 0) is 9.53 Å². The number of halogens is 2. The van der Waals surface area contributed by atoms with Crippen LogP contribution in [0.25, 0.3) is 0 Å². The first-order chi connectivity index (χ1) is 9.43. The quantitative estimate of drug-likeness (QED) is 0.778. The molecule has 1 aliphatic heterocycles. The molecule has 1 heterocycles. The fourth-order valence-corrected chi connectivity index (χ4v) is 2.40. The van der Waals surface area contributed by atoms with Crippen LogP contribution in [0.5, 0.6) is 0 Å². The molecule has 0 aliphatic carbocycles. The lowest BCUT2D eigenvalue weighted by Crippen LogP contribution is -2.30. The molecule has 0 aromatic heterocycles. The van der Waals surface area contributed by atoms with Gasteiger partial charge in [0.2, 0.25) is 0 Å². The molecule has 2 rings (SSSR count). The molecule has 1 fully saturated rings. The maximum Gasteiger partial charge on any atom is 0.310 e. The molecule has 0 bridgehead atoms. The van der Waals surface area contributed by atoms with E-state index in [2.05, 4.69) is 4.74 Å². The lowest BCUT2D eigenvalue weighted by molar-refractivity contribution is -0.146. The molecule has 1 amide bonds. The second kappa shape index (κ2) is 5.56. The molecule has 1 aliphatic rings. The van der Waals surface area contributed by atoms with Gasteiger partial charge in [0, 0.05) is 18.7 Å². The van der Waals surface area contributed by atoms with Crippen molar-refractivity contribution in [3.8, 4) is 0 Å². The molecule has 1 aromatic rings. The van der Waals surface area contributed by atoms with Crippen LogP contribution in [0, 0.1) is 23.5 Å². The molecule has 4 nitrogen and oxygen atoms in total. The standard InChI is InChI=1S/C14H15F2NO3/c1-8-6-17(7-10(8)14(19)20-2)13(18)9-3-4-11(15)12(16)5-9/h3-5,8,10H,6-7H2,1-2H3. The molecule has 0 saturated carbocycles. The lowest BCUT2D eigenvalue weighted by atomic mass is 9.99. The highest BCUT2D eigenvalue weighted by atomic mass is 19.2. The van der Waals surface area contributed by atoms with E-state index in [1.807, 2.05) is 6.92 Å². The molecule has 2 unspecified atom stereocenters. The summed E-state index contributed by atoms with van der Waals surface area (Å²) in [6.45, 7) is 2.46. The van der Waals surface area contributed by atoms with Crippen molar-refractivity contribution in [3.05, 3.63) is 35.4 Å². The second-order valence-electron chi connectivity index (χ2n) is 4.95. The van der Waals surface area contributed by atoms with Gasteiger partial charge in [-0.05, 0) is 24.1 Å². The summed E-state index contributed by atoms with van der Waals surface area (Å²) in [6, 6.07) is 3.02. The van der Waals surface area contributed by atoms with Crippen molar-refractivity contribution >= 4 is 11.9 Å². The minimum Gasteiger partial charge on any atom is -0.469 e. The molecule has 20 heavy (non-hydrogen) atoms. The number of carbonyl (C=O) groups excluding carboxylic acids is 2. The monoisotopic (exact) mass is 283 g/mol. The zero-order valence-electron chi connectivity index (χ0n) is 11.2. The smallest absolute Gasteiger partial charge is 0.310 e. The molecule has 108 valence electrons. The third-order valence-electron chi connectivity index (χ3n) is 3.57. The molecule has 0 radical (unpaired) electrons. The highest BCUT2D eigenvalue weighted by Crippen LogP contribution is 2.25. The van der Waals surface area contributed by atoms with Gasteiger partial charge >= 0.3 is 5.97 Å². The van der Waals surface area contributed by atoms with E-state index in [9.17, 15) is 18.4 Å². The highest BCUT2D eigenvalue weighted by molar-refractivity contribution is 5.94. The van der Waals surface area contributed by atoms with Crippen LogP contribution in [0.3, 0.4) is 0 Å². The van der Waals surface area contributed by atoms with Crippen molar-refractivity contribution < 1.29 is 23.1 Å². The van der Waals surface area contributed by atoms with Crippen LogP contribution in [0.1, 0.15) is 17.3 Å². The summed E-state index contributed by atoms with van der Waals surface area (Å²) in [5.41, 5.74) is 0.0709. The van der Waals surface area contributed by atoms with Crippen LogP contribution >= 0.6 is 0 Å². The Labute approximate surface area is 115 Å². The van der Waals surface area contributed by atoms with Gasteiger partial charge in [-0.3, -0.25) is 9.59 Å². The molecule has 2 atom stereocenters. The van der Waals surface area contributed by atoms with E-state index in [4.69, 9.17) is 0 Å². The normalized spacial score (nSPS) is 21.9. The summed E-state index contributed by atoms with van der Waals surface area (Å²) in [6.07, 6.45) is 0. The number of rotatable bonds is 2. The zero-order chi connectivity index (χ0) is 14.9. The third-order valence-corrected chi connectivity index (χ3v) is 3.57. The number of esters is 1. The number of amides is 1. The summed E-state index contributed by atoms with van der Waals surface area (Å²) < 4.78 is 30.7. The summed E-state index contributed by atoms with van der Waals surface area (Å²) in [7, 11) is 1.30. The maximum atomic E-state index is 13.1. The number of hydrogen-bond acceptors (Lipinski definition) is 3. The van der Waals surface area contributed by atoms with Crippen LogP contribution < -0.4 is 0 Å². The first kappa shape index (κ1) is 14.4. The van der Waals surface area contributed by atoms with Crippen molar-refractivity contribution in [1.82, 2.24) is 4.90 Å². The fraction of sp³-hybridized carbons (Fsp3) is 0.429. The van der Waals surface area contributed by atoms with Crippen molar-refractivity contribution in [1.29, 1.82) is 0 Å². The van der Waals surface area contributed by atoms with Gasteiger partial charge in [-0.15, -0.1) is 0 Å². The molecule has 0 spiro atoms. The Morgan fingerprint density at radius 2 is 1.95 bits per heavy atom. The van der Waals surface area contributed by atoms with Gasteiger partial charge < -0.3 is 9.64 Å². The molecule has 0 N–H and O–H groups in total. The predicted molar refractivity (Wildman–Crippen MR) is 66.9 cm³/mol. The molecule has 6 heteroatoms. The van der Waals surface area contributed by atoms with E-state index in [-0.39, 0.29) is 29.9 Å². The van der Waals surface area contributed by atoms with Crippen LogP contribution in [0.2, 0.25) is 0 Å². The van der Waals surface area contributed by atoms with Crippen molar-refractivity contribution in [2.45, 2.75) is 6.92 Å². The Bertz CT molecular complexity index is 547. The van der Waals surface area contributed by atoms with E-state index in [1.54, 1.807) is 0 Å². The fourth-order valence-electron chi connectivity index (χ4n) is 2.40. The second-order valence-corrected chi connectivity index (χ2v) is 4.95. The number of ether oxygens (including phenoxy) is 1. The van der Waals surface area contributed by atoms with Gasteiger partial charge in [0.25, 0.3) is 5.91 Å². The topological polar surface area (TPSA) is 46.6 Å². The van der Waals surface area contributed by atoms with Gasteiger partial charge in [-0.2, -0.15) is 0 Å². The first-order valence-electron chi connectivity index (χ1n) is 6.26. The molecule has 1 aromatic carbocycles. The van der Waals surface area contributed by atoms with Crippen LogP contribution in [-0.4, -0.2) is 37.0 Å². The van der Waals surface area contributed by atoms with Gasteiger partial charge in [-0.25, -0.2) is 8.78 Å². The van der Waals surface area contributed by atoms with Gasteiger partial charge in [0.1, 0.15) is 0 Å². The van der Waals surface area contributed by atoms with Crippen LogP contribution in [0.4, 0.5) is 8.78 Å². The summed E-state index contributed by atoms with van der Waals surface area (Å²) >= 11 is 0. The van der Waals surface area contributed by atoms with E-state index in [1.165, 1.54) is 18.1 Å². The molecule has 1 saturated heterocycles. The average molecular weight is 283 g/mol. The van der Waals surface area contributed by atoms with Gasteiger partial charge in [0.05, 0.1) is 13.0 Å². The van der Waals surface area contributed by atoms with E-state index >= 15 is 0 Å². The number of hydrogen-bond donors (Lipinski definition) is 0. The van der Waals surface area contributed by atoms with Gasteiger partial charge in [-0.1, -0.05) is 6.92 Å². The highest BCUT2D eigenvalue weighted by Gasteiger charge is 2.37. The lowest BCUT2D eigenvalue weighted by Gasteiger charge is -2.16. The Morgan fingerprint density at radius 3 is 2.55 bits per heavy atom. The minimum absolute atomic E-state index is 0.0308. The summed E-state index contributed by atoms with van der Waals surface area (Å²) in [4.78, 5) is 25.2. The van der Waals surface area contributed by atoms with Gasteiger partial charge in [0.15, 0.2) is 11.6 Å². The summed E-state index contributed by atoms with van der Waals surface area (Å²) in [5.74, 6) is -3.25. The maximum absolute atomic E-state index is 13.1. The number of methoxy groups -OCH3 is 1. The Hall–Kier alpha value is -1.98. The number of benzene rings is 1. The van der Waals surface area contributed by atoms with E-state index in [0.29, 0.717) is 6.54 Å². The van der Waals surface area contributed by atoms with Crippen molar-refractivity contribution in [2.24, 2.45) is 11.8 Å². The third kappa shape index (κ3) is 2.64. The van der Waals surface area contributed by atoms with Crippen molar-refractivity contribution in [2.75, 3.05) is 20.2 Å². The summed E-state index contributed by atoms with van der Waals surface area (Å²) in [5, 5.41) is 0. The minimum atomic E-state index is -1.06. The Kier molecular flexibility index (Phi) is 4.01.